The summed E-state index contributed by atoms with van der Waals surface area (Å²) in [4.78, 5) is 14.4. The molecule has 1 saturated heterocycles. The third kappa shape index (κ3) is 4.99. The molecule has 1 aromatic rings. The van der Waals surface area contributed by atoms with Crippen molar-refractivity contribution in [2.24, 2.45) is 0 Å². The number of morpholine rings is 1. The molecule has 0 saturated carbocycles. The molecule has 1 atom stereocenters. The number of ether oxygens (including phenoxy) is 3. The minimum absolute atomic E-state index is 0.101. The van der Waals surface area contributed by atoms with Crippen LogP contribution in [0.5, 0.6) is 11.5 Å². The molecule has 1 amide bonds. The van der Waals surface area contributed by atoms with Gasteiger partial charge in [0.05, 0.1) is 19.8 Å². The molecule has 1 N–H and O–H groups in total. The smallest absolute Gasteiger partial charge is 0.244 e. The van der Waals surface area contributed by atoms with Crippen LogP contribution in [0.3, 0.4) is 0 Å². The largest absolute Gasteiger partial charge is 0.493 e. The van der Waals surface area contributed by atoms with Gasteiger partial charge in [-0.3, -0.25) is 9.69 Å². The molecule has 6 heteroatoms. The maximum absolute atomic E-state index is 12.1. The van der Waals surface area contributed by atoms with Crippen LogP contribution in [-0.2, 0) is 16.0 Å². The topological polar surface area (TPSA) is 60.0 Å². The van der Waals surface area contributed by atoms with Crippen molar-refractivity contribution >= 4 is 12.0 Å². The number of fused-ring (bicyclic) bond motifs is 1. The number of rotatable bonds is 7. The molecular formula is C20H28N2O4. The second-order valence-electron chi connectivity index (χ2n) is 6.64. The van der Waals surface area contributed by atoms with Gasteiger partial charge in [0.25, 0.3) is 0 Å². The van der Waals surface area contributed by atoms with Crippen molar-refractivity contribution in [2.45, 2.75) is 26.4 Å². The molecule has 2 aliphatic rings. The molecule has 142 valence electrons. The van der Waals surface area contributed by atoms with Gasteiger partial charge in [-0.25, -0.2) is 0 Å². The van der Waals surface area contributed by atoms with E-state index in [0.717, 1.165) is 61.9 Å². The Hall–Kier alpha value is -2.05. The predicted octanol–water partition coefficient (Wildman–Crippen LogP) is 1.87. The molecule has 1 fully saturated rings. The molecular weight excluding hydrogens is 332 g/mol. The van der Waals surface area contributed by atoms with Crippen molar-refractivity contribution in [3.05, 3.63) is 29.3 Å². The summed E-state index contributed by atoms with van der Waals surface area (Å²) in [5, 5.41) is 2.93. The lowest BCUT2D eigenvalue weighted by molar-refractivity contribution is -0.116. The number of carbonyl (C=O) groups excluding carboxylic acids is 1. The number of carbonyl (C=O) groups is 1. The summed E-state index contributed by atoms with van der Waals surface area (Å²) in [7, 11) is 0. The average Bonchev–Trinajstić information content (AvgIpc) is 3.00. The fourth-order valence-electron chi connectivity index (χ4n) is 3.25. The second kappa shape index (κ2) is 9.05. The Bertz CT molecular complexity index is 653. The third-order valence-electron chi connectivity index (χ3n) is 4.57. The monoisotopic (exact) mass is 360 g/mol. The zero-order valence-electron chi connectivity index (χ0n) is 15.6. The lowest BCUT2D eigenvalue weighted by Crippen LogP contribution is -2.41. The van der Waals surface area contributed by atoms with Crippen LogP contribution in [0, 0.1) is 0 Å². The number of hydrogen-bond acceptors (Lipinski definition) is 5. The average molecular weight is 360 g/mol. The first kappa shape index (κ1) is 18.7. The Kier molecular flexibility index (Phi) is 6.52. The highest BCUT2D eigenvalue weighted by molar-refractivity contribution is 5.92. The fourth-order valence-corrected chi connectivity index (χ4v) is 3.25. The standard InChI is InChI=1S/C20H28N2O4/c1-3-25-18-14-17-12-15(2)26-19(17)13-16(18)4-5-20(23)21-6-7-22-8-10-24-11-9-22/h4-5,13-15H,3,6-12H2,1-2H3,(H,21,23)/b5-4+. The highest BCUT2D eigenvalue weighted by Gasteiger charge is 2.21. The fraction of sp³-hybridized carbons (Fsp3) is 0.550. The Morgan fingerprint density at radius 3 is 2.96 bits per heavy atom. The van der Waals surface area contributed by atoms with Gasteiger partial charge in [0.15, 0.2) is 0 Å². The van der Waals surface area contributed by atoms with Gasteiger partial charge in [0.2, 0.25) is 5.91 Å². The van der Waals surface area contributed by atoms with Gasteiger partial charge in [-0.15, -0.1) is 0 Å². The van der Waals surface area contributed by atoms with Crippen molar-refractivity contribution in [2.75, 3.05) is 46.0 Å². The van der Waals surface area contributed by atoms with E-state index in [2.05, 4.69) is 17.1 Å². The summed E-state index contributed by atoms with van der Waals surface area (Å²) in [5.41, 5.74) is 2.02. The van der Waals surface area contributed by atoms with Crippen LogP contribution in [-0.4, -0.2) is 62.9 Å². The van der Waals surface area contributed by atoms with Crippen LogP contribution in [0.25, 0.3) is 6.08 Å². The first-order chi connectivity index (χ1) is 12.7. The van der Waals surface area contributed by atoms with E-state index in [1.807, 2.05) is 19.1 Å². The highest BCUT2D eigenvalue weighted by Crippen LogP contribution is 2.35. The molecule has 0 aliphatic carbocycles. The summed E-state index contributed by atoms with van der Waals surface area (Å²) in [6.07, 6.45) is 4.42. The van der Waals surface area contributed by atoms with E-state index in [9.17, 15) is 4.79 Å². The first-order valence-electron chi connectivity index (χ1n) is 9.38. The first-order valence-corrected chi connectivity index (χ1v) is 9.38. The predicted molar refractivity (Wildman–Crippen MR) is 101 cm³/mol. The summed E-state index contributed by atoms with van der Waals surface area (Å²) >= 11 is 0. The van der Waals surface area contributed by atoms with Gasteiger partial charge >= 0.3 is 0 Å². The van der Waals surface area contributed by atoms with Crippen LogP contribution in [0.2, 0.25) is 0 Å². The maximum Gasteiger partial charge on any atom is 0.244 e. The van der Waals surface area contributed by atoms with E-state index >= 15 is 0 Å². The SMILES string of the molecule is CCOc1cc2c(cc1/C=C/C(=O)NCCN1CCOCC1)OC(C)C2. The Morgan fingerprint density at radius 2 is 2.19 bits per heavy atom. The van der Waals surface area contributed by atoms with E-state index in [0.29, 0.717) is 13.2 Å². The van der Waals surface area contributed by atoms with Crippen LogP contribution >= 0.6 is 0 Å². The van der Waals surface area contributed by atoms with E-state index in [4.69, 9.17) is 14.2 Å². The third-order valence-corrected chi connectivity index (χ3v) is 4.57. The molecule has 2 aliphatic heterocycles. The van der Waals surface area contributed by atoms with Crippen LogP contribution in [0.1, 0.15) is 25.0 Å². The summed E-state index contributed by atoms with van der Waals surface area (Å²) in [6.45, 7) is 9.47. The van der Waals surface area contributed by atoms with Gasteiger partial charge in [-0.2, -0.15) is 0 Å². The zero-order chi connectivity index (χ0) is 18.4. The van der Waals surface area contributed by atoms with E-state index in [-0.39, 0.29) is 12.0 Å². The summed E-state index contributed by atoms with van der Waals surface area (Å²) in [6, 6.07) is 3.99. The lowest BCUT2D eigenvalue weighted by Gasteiger charge is -2.26. The molecule has 26 heavy (non-hydrogen) atoms. The number of amides is 1. The van der Waals surface area contributed by atoms with Crippen molar-refractivity contribution < 1.29 is 19.0 Å². The molecule has 0 bridgehead atoms. The molecule has 1 unspecified atom stereocenters. The number of benzene rings is 1. The minimum Gasteiger partial charge on any atom is -0.493 e. The minimum atomic E-state index is -0.101. The number of nitrogens with one attached hydrogen (secondary N) is 1. The summed E-state index contributed by atoms with van der Waals surface area (Å²) in [5.74, 6) is 1.57. The maximum atomic E-state index is 12.1. The van der Waals surface area contributed by atoms with Gasteiger partial charge in [-0.05, 0) is 32.1 Å². The van der Waals surface area contributed by atoms with Gasteiger partial charge in [0.1, 0.15) is 17.6 Å². The molecule has 3 rings (SSSR count). The Balaban J connectivity index is 1.56. The van der Waals surface area contributed by atoms with Gasteiger partial charge < -0.3 is 19.5 Å². The molecule has 0 aromatic heterocycles. The van der Waals surface area contributed by atoms with Crippen molar-refractivity contribution in [1.82, 2.24) is 10.2 Å². The van der Waals surface area contributed by atoms with E-state index in [1.165, 1.54) is 0 Å². The molecule has 0 radical (unpaired) electrons. The Labute approximate surface area is 155 Å². The van der Waals surface area contributed by atoms with Crippen LogP contribution in [0.4, 0.5) is 0 Å². The molecule has 6 nitrogen and oxygen atoms in total. The Morgan fingerprint density at radius 1 is 1.38 bits per heavy atom. The second-order valence-corrected chi connectivity index (χ2v) is 6.64. The van der Waals surface area contributed by atoms with Crippen molar-refractivity contribution in [1.29, 1.82) is 0 Å². The summed E-state index contributed by atoms with van der Waals surface area (Å²) < 4.78 is 16.9. The van der Waals surface area contributed by atoms with Crippen LogP contribution < -0.4 is 14.8 Å². The molecule has 2 heterocycles. The van der Waals surface area contributed by atoms with Crippen molar-refractivity contribution in [3.8, 4) is 11.5 Å². The normalized spacial score (nSPS) is 20.0. The lowest BCUT2D eigenvalue weighted by atomic mass is 10.1. The van der Waals surface area contributed by atoms with E-state index < -0.39 is 0 Å². The number of nitrogens with zero attached hydrogens (tertiary/aromatic N) is 1. The molecule has 1 aromatic carbocycles. The van der Waals surface area contributed by atoms with Gasteiger partial charge in [0, 0.05) is 49.8 Å². The highest BCUT2D eigenvalue weighted by atomic mass is 16.5. The number of hydrogen-bond donors (Lipinski definition) is 1. The van der Waals surface area contributed by atoms with Gasteiger partial charge in [-0.1, -0.05) is 0 Å². The molecule has 0 spiro atoms. The quantitative estimate of drug-likeness (QED) is 0.753. The van der Waals surface area contributed by atoms with Crippen LogP contribution in [0.15, 0.2) is 18.2 Å². The van der Waals surface area contributed by atoms with E-state index in [1.54, 1.807) is 12.2 Å². The van der Waals surface area contributed by atoms with Crippen molar-refractivity contribution in [3.63, 3.8) is 0 Å². The zero-order valence-corrected chi connectivity index (χ0v) is 15.6.